The first kappa shape index (κ1) is 15.3. The Balaban J connectivity index is 2.00. The lowest BCUT2D eigenvalue weighted by Crippen LogP contribution is -1.94. The van der Waals surface area contributed by atoms with E-state index in [0.717, 1.165) is 5.52 Å². The maximum atomic E-state index is 11.3. The monoisotopic (exact) mass is 324 g/mol. The summed E-state index contributed by atoms with van der Waals surface area (Å²) in [6, 6.07) is 6.49. The minimum Gasteiger partial charge on any atom is -0.478 e. The summed E-state index contributed by atoms with van der Waals surface area (Å²) in [5.74, 6) is -0.123. The summed E-state index contributed by atoms with van der Waals surface area (Å²) in [5.41, 5.74) is 9.42. The Bertz CT molecular complexity index is 974. The number of aromatic carboxylic acids is 1. The predicted octanol–water partition coefficient (Wildman–Crippen LogP) is 3.88. The second-order valence-corrected chi connectivity index (χ2v) is 4.82. The molecule has 0 saturated carbocycles. The van der Waals surface area contributed by atoms with Crippen LogP contribution in [0, 0.1) is 0 Å². The molecule has 0 amide bonds. The van der Waals surface area contributed by atoms with Crippen LogP contribution in [0.2, 0.25) is 0 Å². The van der Waals surface area contributed by atoms with E-state index in [1.165, 1.54) is 12.4 Å². The van der Waals surface area contributed by atoms with E-state index in [2.05, 4.69) is 20.0 Å². The number of benzene rings is 1. The van der Waals surface area contributed by atoms with Crippen molar-refractivity contribution < 1.29 is 14.6 Å². The average molecular weight is 324 g/mol. The van der Waals surface area contributed by atoms with Gasteiger partial charge in [-0.05, 0) is 29.7 Å². The van der Waals surface area contributed by atoms with Gasteiger partial charge in [0.15, 0.2) is 0 Å². The molecule has 1 N–H and O–H groups in total. The molecule has 0 atom stereocenters. The molecule has 9 nitrogen and oxygen atoms in total. The molecule has 0 radical (unpaired) electrons. The first-order valence-electron chi connectivity index (χ1n) is 7.03. The van der Waals surface area contributed by atoms with Crippen LogP contribution in [0.25, 0.3) is 21.3 Å². The zero-order valence-corrected chi connectivity index (χ0v) is 12.6. The normalized spacial score (nSPS) is 10.4. The smallest absolute Gasteiger partial charge is 0.337 e. The third kappa shape index (κ3) is 2.83. The zero-order valence-electron chi connectivity index (χ0n) is 12.6. The van der Waals surface area contributed by atoms with E-state index < -0.39 is 5.97 Å². The fraction of sp³-hybridized carbons (Fsp3) is 0.133. The van der Waals surface area contributed by atoms with E-state index in [1.807, 2.05) is 11.5 Å². The Morgan fingerprint density at radius 2 is 2.25 bits per heavy atom. The number of ether oxygens (including phenoxy) is 1. The number of carboxylic acids is 1. The lowest BCUT2D eigenvalue weighted by Gasteiger charge is -2.06. The molecule has 3 aromatic rings. The molecule has 0 aliphatic carbocycles. The van der Waals surface area contributed by atoms with Crippen LogP contribution in [-0.2, 0) is 6.54 Å². The van der Waals surface area contributed by atoms with E-state index in [9.17, 15) is 9.90 Å². The Hall–Kier alpha value is -3.58. The summed E-state index contributed by atoms with van der Waals surface area (Å²) >= 11 is 0. The summed E-state index contributed by atoms with van der Waals surface area (Å²) in [6.45, 7) is 2.55. The molecule has 0 fully saturated rings. The van der Waals surface area contributed by atoms with Crippen molar-refractivity contribution in [2.24, 2.45) is 5.11 Å². The third-order valence-electron chi connectivity index (χ3n) is 3.42. The van der Waals surface area contributed by atoms with Crippen molar-refractivity contribution in [1.29, 1.82) is 0 Å². The number of hydrogen-bond donors (Lipinski definition) is 1. The molecule has 9 heteroatoms. The number of nitrogens with zero attached hydrogens (tertiary/aromatic N) is 6. The lowest BCUT2D eigenvalue weighted by atomic mass is 10.2. The van der Waals surface area contributed by atoms with Crippen LogP contribution in [0.3, 0.4) is 0 Å². The van der Waals surface area contributed by atoms with Crippen LogP contribution >= 0.6 is 0 Å². The molecule has 0 spiro atoms. The summed E-state index contributed by atoms with van der Waals surface area (Å²) in [5, 5.41) is 13.3. The average Bonchev–Trinajstić information content (AvgIpc) is 2.94. The third-order valence-corrected chi connectivity index (χ3v) is 3.42. The number of aromatic nitrogens is 3. The molecule has 0 aliphatic heterocycles. The summed E-state index contributed by atoms with van der Waals surface area (Å²) in [4.78, 5) is 21.7. The van der Waals surface area contributed by atoms with Gasteiger partial charge in [0.25, 0.3) is 0 Å². The number of rotatable bonds is 5. The van der Waals surface area contributed by atoms with Gasteiger partial charge in [-0.15, -0.1) is 0 Å². The van der Waals surface area contributed by atoms with Crippen LogP contribution in [0.1, 0.15) is 17.3 Å². The molecule has 120 valence electrons. The molecule has 3 rings (SSSR count). The van der Waals surface area contributed by atoms with Gasteiger partial charge in [-0.3, -0.25) is 0 Å². The molecule has 0 unspecified atom stereocenters. The highest BCUT2D eigenvalue weighted by atomic mass is 16.5. The number of azide groups is 1. The van der Waals surface area contributed by atoms with Crippen molar-refractivity contribution in [2.45, 2.75) is 13.5 Å². The summed E-state index contributed by atoms with van der Waals surface area (Å²) in [7, 11) is 0. The number of fused-ring (bicyclic) bond motifs is 1. The highest BCUT2D eigenvalue weighted by molar-refractivity contribution is 6.03. The Kier molecular flexibility index (Phi) is 4.00. The number of carboxylic acid groups (broad SMARTS) is 1. The number of hydrogen-bond acceptors (Lipinski definition) is 5. The Morgan fingerprint density at radius 3 is 2.96 bits per heavy atom. The minimum atomic E-state index is -0.976. The van der Waals surface area contributed by atoms with Gasteiger partial charge in [0.1, 0.15) is 17.9 Å². The molecule has 2 heterocycles. The molecule has 24 heavy (non-hydrogen) atoms. The Labute approximate surface area is 135 Å². The standard InChI is InChI=1S/C15H12N6O3/c1-2-21-7-11(15(22)23)10-4-3-9(5-12(10)21)24-14-6-13(19-20-16)17-8-18-14/h3-8H,2H2,1H3,(H,22,23). The first-order valence-corrected chi connectivity index (χ1v) is 7.03. The van der Waals surface area contributed by atoms with Crippen LogP contribution in [-0.4, -0.2) is 25.6 Å². The molecule has 0 bridgehead atoms. The second kappa shape index (κ2) is 6.27. The highest BCUT2D eigenvalue weighted by Crippen LogP contribution is 2.29. The van der Waals surface area contributed by atoms with Crippen LogP contribution in [0.4, 0.5) is 5.82 Å². The zero-order chi connectivity index (χ0) is 17.1. The van der Waals surface area contributed by atoms with Crippen LogP contribution in [0.5, 0.6) is 11.6 Å². The van der Waals surface area contributed by atoms with Crippen molar-refractivity contribution in [3.05, 3.63) is 52.8 Å². The van der Waals surface area contributed by atoms with E-state index in [-0.39, 0.29) is 17.3 Å². The van der Waals surface area contributed by atoms with Gasteiger partial charge >= 0.3 is 5.97 Å². The van der Waals surface area contributed by atoms with Crippen molar-refractivity contribution in [3.8, 4) is 11.6 Å². The summed E-state index contributed by atoms with van der Waals surface area (Å²) in [6.07, 6.45) is 2.83. The number of carbonyl (C=O) groups is 1. The van der Waals surface area contributed by atoms with E-state index >= 15 is 0 Å². The van der Waals surface area contributed by atoms with Gasteiger partial charge in [0, 0.05) is 35.2 Å². The minimum absolute atomic E-state index is 0.147. The fourth-order valence-corrected chi connectivity index (χ4v) is 2.37. The fourth-order valence-electron chi connectivity index (χ4n) is 2.37. The maximum absolute atomic E-state index is 11.3. The van der Waals surface area contributed by atoms with Crippen molar-refractivity contribution in [2.75, 3.05) is 0 Å². The molecular weight excluding hydrogens is 312 g/mol. The van der Waals surface area contributed by atoms with Crippen molar-refractivity contribution in [1.82, 2.24) is 14.5 Å². The first-order chi connectivity index (χ1) is 11.6. The van der Waals surface area contributed by atoms with Gasteiger partial charge in [-0.25, -0.2) is 14.8 Å². The molecule has 2 aromatic heterocycles. The Morgan fingerprint density at radius 1 is 1.42 bits per heavy atom. The van der Waals surface area contributed by atoms with Gasteiger partial charge in [-0.1, -0.05) is 0 Å². The van der Waals surface area contributed by atoms with E-state index in [0.29, 0.717) is 17.7 Å². The van der Waals surface area contributed by atoms with Gasteiger partial charge in [-0.2, -0.15) is 0 Å². The van der Waals surface area contributed by atoms with Gasteiger partial charge in [0.05, 0.1) is 11.1 Å². The molecule has 1 aromatic carbocycles. The van der Waals surface area contributed by atoms with E-state index in [1.54, 1.807) is 24.4 Å². The maximum Gasteiger partial charge on any atom is 0.337 e. The van der Waals surface area contributed by atoms with Crippen molar-refractivity contribution in [3.63, 3.8) is 0 Å². The van der Waals surface area contributed by atoms with Gasteiger partial charge < -0.3 is 14.4 Å². The van der Waals surface area contributed by atoms with Crippen molar-refractivity contribution >= 4 is 22.7 Å². The summed E-state index contributed by atoms with van der Waals surface area (Å²) < 4.78 is 7.48. The SMILES string of the molecule is CCn1cc(C(=O)O)c2ccc(Oc3cc(N=[N+]=[N-])ncn3)cc21. The number of aryl methyl sites for hydroxylation is 1. The molecule has 0 saturated heterocycles. The largest absolute Gasteiger partial charge is 0.478 e. The molecule has 0 aliphatic rings. The second-order valence-electron chi connectivity index (χ2n) is 4.82. The quantitative estimate of drug-likeness (QED) is 0.433. The van der Waals surface area contributed by atoms with Crippen LogP contribution < -0.4 is 4.74 Å². The van der Waals surface area contributed by atoms with Crippen LogP contribution in [0.15, 0.2) is 41.9 Å². The highest BCUT2D eigenvalue weighted by Gasteiger charge is 2.14. The van der Waals surface area contributed by atoms with Gasteiger partial charge in [0.2, 0.25) is 5.88 Å². The van der Waals surface area contributed by atoms with E-state index in [4.69, 9.17) is 10.3 Å². The molecular formula is C15H12N6O3. The topological polar surface area (TPSA) is 126 Å². The lowest BCUT2D eigenvalue weighted by molar-refractivity contribution is 0.0699. The predicted molar refractivity (Wildman–Crippen MR) is 85.5 cm³/mol.